The fourth-order valence-corrected chi connectivity index (χ4v) is 1.59. The second-order valence-corrected chi connectivity index (χ2v) is 3.68. The highest BCUT2D eigenvalue weighted by Gasteiger charge is 2.16. The van der Waals surface area contributed by atoms with E-state index < -0.39 is 5.97 Å². The maximum atomic E-state index is 10.4. The maximum Gasteiger partial charge on any atom is 0.325 e. The van der Waals surface area contributed by atoms with Crippen LogP contribution in [0.1, 0.15) is 19.3 Å². The Kier molecular flexibility index (Phi) is 3.40. The second-order valence-electron chi connectivity index (χ2n) is 3.68. The number of nitrogens with zero attached hydrogens (tertiary/aromatic N) is 2. The first kappa shape index (κ1) is 10.9. The molecule has 1 aliphatic heterocycles. The molecule has 0 radical (unpaired) electrons. The van der Waals surface area contributed by atoms with E-state index in [1.54, 1.807) is 6.20 Å². The average molecular weight is 226 g/mol. The molecule has 1 aliphatic rings. The molecule has 0 aliphatic carbocycles. The van der Waals surface area contributed by atoms with Crippen molar-refractivity contribution in [1.82, 2.24) is 9.78 Å². The largest absolute Gasteiger partial charge is 0.480 e. The number of rotatable bonds is 4. The van der Waals surface area contributed by atoms with Crippen molar-refractivity contribution in [2.75, 3.05) is 6.61 Å². The van der Waals surface area contributed by atoms with Crippen LogP contribution in [0.2, 0.25) is 0 Å². The number of aliphatic carboxylic acids is 1. The molecule has 88 valence electrons. The van der Waals surface area contributed by atoms with Gasteiger partial charge in [-0.1, -0.05) is 0 Å². The molecule has 0 aromatic carbocycles. The van der Waals surface area contributed by atoms with Crippen molar-refractivity contribution in [2.45, 2.75) is 32.1 Å². The van der Waals surface area contributed by atoms with E-state index in [0.29, 0.717) is 12.4 Å². The highest BCUT2D eigenvalue weighted by atomic mass is 16.7. The third-order valence-corrected chi connectivity index (χ3v) is 2.31. The minimum atomic E-state index is -0.927. The number of ether oxygens (including phenoxy) is 2. The monoisotopic (exact) mass is 226 g/mol. The van der Waals surface area contributed by atoms with E-state index in [1.165, 1.54) is 10.9 Å². The van der Waals surface area contributed by atoms with Crippen molar-refractivity contribution in [2.24, 2.45) is 0 Å². The Morgan fingerprint density at radius 3 is 3.25 bits per heavy atom. The summed E-state index contributed by atoms with van der Waals surface area (Å²) in [5.74, 6) is -0.378. The van der Waals surface area contributed by atoms with Gasteiger partial charge in [-0.2, -0.15) is 5.10 Å². The molecule has 0 spiro atoms. The van der Waals surface area contributed by atoms with Gasteiger partial charge in [-0.3, -0.25) is 9.48 Å². The van der Waals surface area contributed by atoms with Crippen molar-refractivity contribution in [3.8, 4) is 5.75 Å². The smallest absolute Gasteiger partial charge is 0.325 e. The van der Waals surface area contributed by atoms with Crippen LogP contribution in [0, 0.1) is 0 Å². The van der Waals surface area contributed by atoms with Gasteiger partial charge in [0, 0.05) is 6.42 Å². The zero-order chi connectivity index (χ0) is 11.4. The number of hydrogen-bond acceptors (Lipinski definition) is 4. The van der Waals surface area contributed by atoms with Crippen molar-refractivity contribution in [3.63, 3.8) is 0 Å². The SMILES string of the molecule is O=C(O)Cn1cc(OC2CCCCO2)cn1. The summed E-state index contributed by atoms with van der Waals surface area (Å²) in [6.45, 7) is 0.558. The van der Waals surface area contributed by atoms with Crippen LogP contribution in [-0.4, -0.2) is 33.8 Å². The number of carboxylic acid groups (broad SMARTS) is 1. The highest BCUT2D eigenvalue weighted by Crippen LogP contribution is 2.18. The third-order valence-electron chi connectivity index (χ3n) is 2.31. The lowest BCUT2D eigenvalue weighted by Gasteiger charge is -2.22. The van der Waals surface area contributed by atoms with Gasteiger partial charge in [0.25, 0.3) is 0 Å². The Morgan fingerprint density at radius 2 is 2.56 bits per heavy atom. The van der Waals surface area contributed by atoms with Crippen LogP contribution >= 0.6 is 0 Å². The maximum absolute atomic E-state index is 10.4. The molecule has 1 N–H and O–H groups in total. The molecule has 1 atom stereocenters. The molecular formula is C10H14N2O4. The standard InChI is InChI=1S/C10H14N2O4/c13-9(14)7-12-6-8(5-11-12)16-10-3-1-2-4-15-10/h5-6,10H,1-4,7H2,(H,13,14). The summed E-state index contributed by atoms with van der Waals surface area (Å²) in [6, 6.07) is 0. The Bertz CT molecular complexity index is 357. The molecule has 1 aromatic heterocycles. The van der Waals surface area contributed by atoms with E-state index in [9.17, 15) is 4.79 Å². The fraction of sp³-hybridized carbons (Fsp3) is 0.600. The molecule has 6 nitrogen and oxygen atoms in total. The molecule has 2 heterocycles. The topological polar surface area (TPSA) is 73.6 Å². The molecular weight excluding hydrogens is 212 g/mol. The van der Waals surface area contributed by atoms with Gasteiger partial charge < -0.3 is 14.6 Å². The number of aromatic nitrogens is 2. The predicted octanol–water partition coefficient (Wildman–Crippen LogP) is 0.873. The molecule has 16 heavy (non-hydrogen) atoms. The van der Waals surface area contributed by atoms with Crippen molar-refractivity contribution in [1.29, 1.82) is 0 Å². The Labute approximate surface area is 92.8 Å². The van der Waals surface area contributed by atoms with Gasteiger partial charge in [0.2, 0.25) is 0 Å². The lowest BCUT2D eigenvalue weighted by Crippen LogP contribution is -2.24. The molecule has 1 aromatic rings. The first-order valence-corrected chi connectivity index (χ1v) is 5.26. The molecule has 2 rings (SSSR count). The molecule has 0 bridgehead atoms. The fourth-order valence-electron chi connectivity index (χ4n) is 1.59. The van der Waals surface area contributed by atoms with E-state index in [0.717, 1.165) is 19.3 Å². The van der Waals surface area contributed by atoms with E-state index in [4.69, 9.17) is 14.6 Å². The van der Waals surface area contributed by atoms with Gasteiger partial charge in [0.05, 0.1) is 19.0 Å². The predicted molar refractivity (Wildman–Crippen MR) is 54.1 cm³/mol. The number of hydrogen-bond donors (Lipinski definition) is 1. The zero-order valence-corrected chi connectivity index (χ0v) is 8.83. The lowest BCUT2D eigenvalue weighted by molar-refractivity contribution is -0.137. The van der Waals surface area contributed by atoms with E-state index >= 15 is 0 Å². The quantitative estimate of drug-likeness (QED) is 0.824. The minimum Gasteiger partial charge on any atom is -0.480 e. The Hall–Kier alpha value is -1.56. The summed E-state index contributed by atoms with van der Waals surface area (Å²) < 4.78 is 12.2. The molecule has 1 unspecified atom stereocenters. The first-order valence-electron chi connectivity index (χ1n) is 5.26. The molecule has 1 fully saturated rings. The van der Waals surface area contributed by atoms with Crippen LogP contribution in [0.5, 0.6) is 5.75 Å². The number of carboxylic acids is 1. The van der Waals surface area contributed by atoms with Crippen LogP contribution in [0.3, 0.4) is 0 Å². The highest BCUT2D eigenvalue weighted by molar-refractivity contribution is 5.66. The van der Waals surface area contributed by atoms with E-state index in [-0.39, 0.29) is 12.8 Å². The van der Waals surface area contributed by atoms with Crippen LogP contribution in [0.4, 0.5) is 0 Å². The third kappa shape index (κ3) is 2.96. The normalized spacial score (nSPS) is 20.6. The van der Waals surface area contributed by atoms with Crippen LogP contribution in [0.25, 0.3) is 0 Å². The molecule has 1 saturated heterocycles. The summed E-state index contributed by atoms with van der Waals surface area (Å²) in [7, 11) is 0. The van der Waals surface area contributed by atoms with Gasteiger partial charge in [-0.25, -0.2) is 0 Å². The van der Waals surface area contributed by atoms with Crippen LogP contribution in [0.15, 0.2) is 12.4 Å². The average Bonchev–Trinajstić information content (AvgIpc) is 2.66. The van der Waals surface area contributed by atoms with Gasteiger partial charge >= 0.3 is 5.97 Å². The lowest BCUT2D eigenvalue weighted by atomic mass is 10.2. The van der Waals surface area contributed by atoms with Gasteiger partial charge in [-0.05, 0) is 12.8 Å². The number of carbonyl (C=O) groups is 1. The van der Waals surface area contributed by atoms with Crippen LogP contribution in [-0.2, 0) is 16.1 Å². The minimum absolute atomic E-state index is 0.158. The molecule has 0 saturated carbocycles. The first-order chi connectivity index (χ1) is 7.74. The molecule has 6 heteroatoms. The summed E-state index contributed by atoms with van der Waals surface area (Å²) >= 11 is 0. The van der Waals surface area contributed by atoms with Crippen LogP contribution < -0.4 is 4.74 Å². The summed E-state index contributed by atoms with van der Waals surface area (Å²) in [6.07, 6.45) is 5.86. The zero-order valence-electron chi connectivity index (χ0n) is 8.83. The van der Waals surface area contributed by atoms with E-state index in [1.807, 2.05) is 0 Å². The van der Waals surface area contributed by atoms with Gasteiger partial charge in [-0.15, -0.1) is 0 Å². The van der Waals surface area contributed by atoms with Crippen molar-refractivity contribution >= 4 is 5.97 Å². The molecule has 0 amide bonds. The van der Waals surface area contributed by atoms with Crippen molar-refractivity contribution in [3.05, 3.63) is 12.4 Å². The van der Waals surface area contributed by atoms with Gasteiger partial charge in [0.1, 0.15) is 6.54 Å². The van der Waals surface area contributed by atoms with Gasteiger partial charge in [0.15, 0.2) is 12.0 Å². The Balaban J connectivity index is 1.88. The summed E-state index contributed by atoms with van der Waals surface area (Å²) in [5, 5.41) is 12.4. The second kappa shape index (κ2) is 4.98. The summed E-state index contributed by atoms with van der Waals surface area (Å²) in [5.41, 5.74) is 0. The summed E-state index contributed by atoms with van der Waals surface area (Å²) in [4.78, 5) is 10.4. The van der Waals surface area contributed by atoms with E-state index in [2.05, 4.69) is 5.10 Å². The Morgan fingerprint density at radius 1 is 1.69 bits per heavy atom. The van der Waals surface area contributed by atoms with Crippen molar-refractivity contribution < 1.29 is 19.4 Å².